The van der Waals surface area contributed by atoms with Crippen LogP contribution < -0.4 is 19.5 Å². The fraction of sp³-hybridized carbons (Fsp3) is 0.481. The Kier molecular flexibility index (Phi) is 7.45. The second kappa shape index (κ2) is 10.9. The first-order chi connectivity index (χ1) is 17.9. The van der Waals surface area contributed by atoms with Crippen molar-refractivity contribution in [3.8, 4) is 28.5 Å². The molecule has 1 amide bonds. The van der Waals surface area contributed by atoms with Gasteiger partial charge < -0.3 is 24.4 Å². The molecular formula is C27H32F2N4O4. The number of fused-ring (bicyclic) bond motifs is 1. The molecule has 2 aliphatic rings. The molecule has 2 aromatic heterocycles. The lowest BCUT2D eigenvalue weighted by atomic mass is 10.0. The predicted molar refractivity (Wildman–Crippen MR) is 135 cm³/mol. The lowest BCUT2D eigenvalue weighted by Crippen LogP contribution is -2.37. The number of imidazole rings is 1. The van der Waals surface area contributed by atoms with Gasteiger partial charge in [-0.15, -0.1) is 0 Å². The van der Waals surface area contributed by atoms with Crippen molar-refractivity contribution in [2.75, 3.05) is 27.3 Å². The first kappa shape index (κ1) is 25.3. The number of pyridine rings is 1. The van der Waals surface area contributed by atoms with Gasteiger partial charge in [0.2, 0.25) is 0 Å². The lowest BCUT2D eigenvalue weighted by Gasteiger charge is -2.32. The van der Waals surface area contributed by atoms with E-state index in [0.717, 1.165) is 31.6 Å². The SMILES string of the molecule is COc1cc(-c2cnc3cc(OCCC4CCCCN4C)ccn23)cc(OC(F)F)c1C(=O)NC1CC1. The summed E-state index contributed by atoms with van der Waals surface area (Å²) in [6.07, 6.45) is 9.88. The van der Waals surface area contributed by atoms with Crippen LogP contribution in [0.2, 0.25) is 0 Å². The third kappa shape index (κ3) is 5.79. The van der Waals surface area contributed by atoms with Crippen LogP contribution in [0.15, 0.2) is 36.7 Å². The molecule has 1 aliphatic heterocycles. The Morgan fingerprint density at radius 2 is 2.00 bits per heavy atom. The maximum Gasteiger partial charge on any atom is 0.387 e. The Hall–Kier alpha value is -3.40. The number of carbonyl (C=O) groups excluding carboxylic acids is 1. The van der Waals surface area contributed by atoms with Crippen LogP contribution in [0.25, 0.3) is 16.9 Å². The number of rotatable bonds is 10. The molecule has 10 heteroatoms. The Bertz CT molecular complexity index is 1260. The van der Waals surface area contributed by atoms with Crippen LogP contribution in [0.1, 0.15) is 48.9 Å². The molecule has 3 heterocycles. The zero-order valence-corrected chi connectivity index (χ0v) is 21.1. The molecule has 1 N–H and O–H groups in total. The number of benzene rings is 1. The first-order valence-corrected chi connectivity index (χ1v) is 12.7. The number of nitrogens with one attached hydrogen (secondary N) is 1. The number of aromatic nitrogens is 2. The van der Waals surface area contributed by atoms with Crippen molar-refractivity contribution in [3.05, 3.63) is 42.2 Å². The lowest BCUT2D eigenvalue weighted by molar-refractivity contribution is -0.0502. The fourth-order valence-electron chi connectivity index (χ4n) is 4.88. The maximum atomic E-state index is 13.3. The van der Waals surface area contributed by atoms with Gasteiger partial charge in [-0.3, -0.25) is 9.20 Å². The number of alkyl halides is 2. The fourth-order valence-corrected chi connectivity index (χ4v) is 4.88. The van der Waals surface area contributed by atoms with Gasteiger partial charge in [-0.2, -0.15) is 8.78 Å². The molecule has 0 spiro atoms. The van der Waals surface area contributed by atoms with E-state index >= 15 is 0 Å². The Morgan fingerprint density at radius 3 is 2.73 bits per heavy atom. The third-order valence-electron chi connectivity index (χ3n) is 7.06. The number of ether oxygens (including phenoxy) is 3. The standard InChI is InChI=1S/C27H32F2N4O4/c1-32-10-4-3-5-19(32)9-12-36-20-8-11-33-21(16-30-24(33)15-20)17-13-22(35-2)25(23(14-17)37-27(28)29)26(34)31-18-6-7-18/h8,11,13-16,18-19,27H,3-7,9-10,12H2,1-2H3,(H,31,34). The highest BCUT2D eigenvalue weighted by Crippen LogP contribution is 2.37. The Balaban J connectivity index is 1.38. The van der Waals surface area contributed by atoms with Crippen LogP contribution in [0.4, 0.5) is 8.78 Å². The summed E-state index contributed by atoms with van der Waals surface area (Å²) in [5.41, 5.74) is 1.76. The number of nitrogens with zero attached hydrogens (tertiary/aromatic N) is 3. The molecule has 5 rings (SSSR count). The normalized spacial score (nSPS) is 18.2. The van der Waals surface area contributed by atoms with Crippen molar-refractivity contribution in [1.82, 2.24) is 19.6 Å². The number of likely N-dealkylation sites (tertiary alicyclic amines) is 1. The molecule has 1 atom stereocenters. The van der Waals surface area contributed by atoms with E-state index in [-0.39, 0.29) is 23.1 Å². The van der Waals surface area contributed by atoms with Crippen molar-refractivity contribution in [3.63, 3.8) is 0 Å². The van der Waals surface area contributed by atoms with E-state index in [9.17, 15) is 13.6 Å². The number of piperidine rings is 1. The number of hydrogen-bond acceptors (Lipinski definition) is 6. The van der Waals surface area contributed by atoms with Gasteiger partial charge in [0.1, 0.15) is 28.5 Å². The number of halogens is 2. The Morgan fingerprint density at radius 1 is 1.19 bits per heavy atom. The molecule has 1 saturated carbocycles. The van der Waals surface area contributed by atoms with Gasteiger partial charge in [0, 0.05) is 29.9 Å². The predicted octanol–water partition coefficient (Wildman–Crippen LogP) is 4.76. The van der Waals surface area contributed by atoms with Crippen LogP contribution in [0.3, 0.4) is 0 Å². The smallest absolute Gasteiger partial charge is 0.387 e. The monoisotopic (exact) mass is 514 g/mol. The zero-order chi connectivity index (χ0) is 25.9. The largest absolute Gasteiger partial charge is 0.496 e. The molecule has 1 aromatic carbocycles. The van der Waals surface area contributed by atoms with Crippen molar-refractivity contribution in [2.24, 2.45) is 0 Å². The highest BCUT2D eigenvalue weighted by atomic mass is 19.3. The molecular weight excluding hydrogens is 482 g/mol. The van der Waals surface area contributed by atoms with Gasteiger partial charge in [0.15, 0.2) is 0 Å². The van der Waals surface area contributed by atoms with E-state index in [1.807, 2.05) is 22.7 Å². The van der Waals surface area contributed by atoms with Crippen molar-refractivity contribution >= 4 is 11.6 Å². The minimum atomic E-state index is -3.09. The minimum Gasteiger partial charge on any atom is -0.496 e. The summed E-state index contributed by atoms with van der Waals surface area (Å²) >= 11 is 0. The summed E-state index contributed by atoms with van der Waals surface area (Å²) in [5, 5.41) is 2.81. The van der Waals surface area contributed by atoms with Gasteiger partial charge >= 0.3 is 6.61 Å². The average molecular weight is 515 g/mol. The van der Waals surface area contributed by atoms with Gasteiger partial charge in [-0.25, -0.2) is 4.98 Å². The van der Waals surface area contributed by atoms with Crippen molar-refractivity contribution < 1.29 is 27.8 Å². The number of hydrogen-bond donors (Lipinski definition) is 1. The quantitative estimate of drug-likeness (QED) is 0.421. The summed E-state index contributed by atoms with van der Waals surface area (Å²) in [6, 6.07) is 7.35. The maximum absolute atomic E-state index is 13.3. The van der Waals surface area contributed by atoms with E-state index in [4.69, 9.17) is 14.2 Å². The molecule has 1 unspecified atom stereocenters. The topological polar surface area (TPSA) is 77.3 Å². The molecule has 37 heavy (non-hydrogen) atoms. The van der Waals surface area contributed by atoms with Crippen LogP contribution >= 0.6 is 0 Å². The third-order valence-corrected chi connectivity index (χ3v) is 7.06. The average Bonchev–Trinajstić information content (AvgIpc) is 3.59. The number of amides is 1. The molecule has 198 valence electrons. The van der Waals surface area contributed by atoms with Crippen LogP contribution in [0, 0.1) is 0 Å². The molecule has 1 aliphatic carbocycles. The van der Waals surface area contributed by atoms with E-state index < -0.39 is 12.5 Å². The zero-order valence-electron chi connectivity index (χ0n) is 21.1. The highest BCUT2D eigenvalue weighted by Gasteiger charge is 2.29. The molecule has 0 radical (unpaired) electrons. The summed E-state index contributed by atoms with van der Waals surface area (Å²) < 4.78 is 44.5. The first-order valence-electron chi connectivity index (χ1n) is 12.7. The van der Waals surface area contributed by atoms with Crippen LogP contribution in [0.5, 0.6) is 17.2 Å². The van der Waals surface area contributed by atoms with Crippen molar-refractivity contribution in [1.29, 1.82) is 0 Å². The van der Waals surface area contributed by atoms with E-state index in [1.54, 1.807) is 12.3 Å². The molecule has 3 aromatic rings. The van der Waals surface area contributed by atoms with Gasteiger partial charge in [0.25, 0.3) is 5.91 Å². The molecule has 2 fully saturated rings. The van der Waals surface area contributed by atoms with Gasteiger partial charge in [0.05, 0.1) is 25.6 Å². The number of methoxy groups -OCH3 is 1. The number of carbonyl (C=O) groups is 1. The molecule has 1 saturated heterocycles. The highest BCUT2D eigenvalue weighted by molar-refractivity contribution is 6.01. The van der Waals surface area contributed by atoms with Gasteiger partial charge in [-0.05, 0) is 63.9 Å². The van der Waals surface area contributed by atoms with E-state index in [2.05, 4.69) is 22.2 Å². The second-order valence-electron chi connectivity index (χ2n) is 9.68. The van der Waals surface area contributed by atoms with Crippen molar-refractivity contribution in [2.45, 2.75) is 57.2 Å². The second-order valence-corrected chi connectivity index (χ2v) is 9.68. The summed E-state index contributed by atoms with van der Waals surface area (Å²) in [5.74, 6) is 0.120. The summed E-state index contributed by atoms with van der Waals surface area (Å²) in [7, 11) is 3.56. The van der Waals surface area contributed by atoms with Crippen LogP contribution in [-0.4, -0.2) is 66.2 Å². The van der Waals surface area contributed by atoms with E-state index in [0.29, 0.717) is 29.6 Å². The van der Waals surface area contributed by atoms with Gasteiger partial charge in [-0.1, -0.05) is 6.42 Å². The van der Waals surface area contributed by atoms with Crippen LogP contribution in [-0.2, 0) is 0 Å². The summed E-state index contributed by atoms with van der Waals surface area (Å²) in [6.45, 7) is -1.34. The molecule has 8 nitrogen and oxygen atoms in total. The minimum absolute atomic E-state index is 0.0495. The molecule has 0 bridgehead atoms. The van der Waals surface area contributed by atoms with E-state index in [1.165, 1.54) is 32.4 Å². The Labute approximate surface area is 214 Å². The summed E-state index contributed by atoms with van der Waals surface area (Å²) in [4.78, 5) is 19.7.